The van der Waals surface area contributed by atoms with Gasteiger partial charge >= 0.3 is 0 Å². The monoisotopic (exact) mass is 417 g/mol. The second-order valence-electron chi connectivity index (χ2n) is 6.86. The van der Waals surface area contributed by atoms with Gasteiger partial charge in [-0.15, -0.1) is 12.4 Å². The third kappa shape index (κ3) is 5.20. The number of hydrogen-bond donors (Lipinski definition) is 1. The van der Waals surface area contributed by atoms with Crippen molar-refractivity contribution in [3.63, 3.8) is 0 Å². The summed E-state index contributed by atoms with van der Waals surface area (Å²) in [6, 6.07) is 6.41. The van der Waals surface area contributed by atoms with Gasteiger partial charge in [-0.3, -0.25) is 4.79 Å². The molecule has 2 saturated heterocycles. The van der Waals surface area contributed by atoms with Crippen LogP contribution in [0.15, 0.2) is 29.2 Å². The van der Waals surface area contributed by atoms with Gasteiger partial charge in [-0.25, -0.2) is 8.42 Å². The van der Waals surface area contributed by atoms with Crippen LogP contribution in [-0.4, -0.2) is 76.5 Å². The smallest absolute Gasteiger partial charge is 0.253 e. The summed E-state index contributed by atoms with van der Waals surface area (Å²) in [5.41, 5.74) is 0.435. The highest BCUT2D eigenvalue weighted by Gasteiger charge is 2.28. The van der Waals surface area contributed by atoms with Crippen molar-refractivity contribution in [3.8, 4) is 0 Å². The van der Waals surface area contributed by atoms with Crippen LogP contribution >= 0.6 is 12.4 Å². The highest BCUT2D eigenvalue weighted by Crippen LogP contribution is 2.22. The van der Waals surface area contributed by atoms with E-state index in [0.717, 1.165) is 25.9 Å². The van der Waals surface area contributed by atoms with Crippen LogP contribution in [0, 0.1) is 5.92 Å². The molecule has 0 saturated carbocycles. The molecule has 0 aliphatic carbocycles. The highest BCUT2D eigenvalue weighted by atomic mass is 35.5. The Labute approximate surface area is 167 Å². The molecule has 0 radical (unpaired) electrons. The molecule has 2 heterocycles. The lowest BCUT2D eigenvalue weighted by atomic mass is 9.97. The SMILES string of the molecule is CNCC1CCCN(C(=O)c2cccc(S(=O)(=O)N3CCOCC3)c2)C1.Cl. The number of carbonyl (C=O) groups is 1. The van der Waals surface area contributed by atoms with E-state index >= 15 is 0 Å². The van der Waals surface area contributed by atoms with Crippen LogP contribution in [0.25, 0.3) is 0 Å². The molecule has 0 spiro atoms. The van der Waals surface area contributed by atoms with Crippen molar-refractivity contribution >= 4 is 28.3 Å². The molecule has 7 nitrogen and oxygen atoms in total. The zero-order chi connectivity index (χ0) is 18.6. The predicted molar refractivity (Wildman–Crippen MR) is 106 cm³/mol. The van der Waals surface area contributed by atoms with Crippen molar-refractivity contribution < 1.29 is 17.9 Å². The Balaban J connectivity index is 0.00000261. The number of piperidine rings is 1. The fourth-order valence-corrected chi connectivity index (χ4v) is 5.07. The van der Waals surface area contributed by atoms with Crippen LogP contribution in [0.2, 0.25) is 0 Å². The van der Waals surface area contributed by atoms with Crippen molar-refractivity contribution in [2.45, 2.75) is 17.7 Å². The maximum atomic E-state index is 12.9. The van der Waals surface area contributed by atoms with Crippen LogP contribution in [0.3, 0.4) is 0 Å². The van der Waals surface area contributed by atoms with Crippen molar-refractivity contribution in [2.24, 2.45) is 5.92 Å². The van der Waals surface area contributed by atoms with Gasteiger partial charge in [0.05, 0.1) is 18.1 Å². The minimum atomic E-state index is -3.60. The van der Waals surface area contributed by atoms with Gasteiger partial charge in [0.2, 0.25) is 10.0 Å². The zero-order valence-corrected chi connectivity index (χ0v) is 17.2. The van der Waals surface area contributed by atoms with Gasteiger partial charge in [-0.05, 0) is 50.6 Å². The lowest BCUT2D eigenvalue weighted by Gasteiger charge is -2.33. The first kappa shape index (κ1) is 22.1. The molecule has 1 aromatic carbocycles. The summed E-state index contributed by atoms with van der Waals surface area (Å²) < 4.78 is 32.3. The van der Waals surface area contributed by atoms with Gasteiger partial charge in [0.25, 0.3) is 5.91 Å². The normalized spacial score (nSPS) is 21.5. The summed E-state index contributed by atoms with van der Waals surface area (Å²) in [7, 11) is -1.68. The molecule has 2 aliphatic rings. The van der Waals surface area contributed by atoms with Crippen LogP contribution in [0.5, 0.6) is 0 Å². The van der Waals surface area contributed by atoms with Gasteiger partial charge in [0.1, 0.15) is 0 Å². The van der Waals surface area contributed by atoms with E-state index in [1.165, 1.54) is 10.4 Å². The summed E-state index contributed by atoms with van der Waals surface area (Å²) in [5.74, 6) is 0.350. The first-order valence-electron chi connectivity index (χ1n) is 9.14. The van der Waals surface area contributed by atoms with Gasteiger partial charge in [-0.1, -0.05) is 6.07 Å². The van der Waals surface area contributed by atoms with Crippen LogP contribution in [0.4, 0.5) is 0 Å². The van der Waals surface area contributed by atoms with E-state index in [-0.39, 0.29) is 23.2 Å². The number of sulfonamides is 1. The van der Waals surface area contributed by atoms with E-state index in [0.29, 0.717) is 44.3 Å². The first-order valence-corrected chi connectivity index (χ1v) is 10.6. The maximum absolute atomic E-state index is 12.9. The molecule has 9 heteroatoms. The minimum absolute atomic E-state index is 0. The Bertz CT molecular complexity index is 736. The molecule has 1 unspecified atom stereocenters. The number of benzene rings is 1. The number of halogens is 1. The van der Waals surface area contributed by atoms with E-state index in [4.69, 9.17) is 4.74 Å². The molecule has 2 aliphatic heterocycles. The third-order valence-corrected chi connectivity index (χ3v) is 6.88. The molecule has 1 aromatic rings. The molecule has 0 bridgehead atoms. The number of rotatable bonds is 5. The summed E-state index contributed by atoms with van der Waals surface area (Å²) >= 11 is 0. The summed E-state index contributed by atoms with van der Waals surface area (Å²) in [4.78, 5) is 14.9. The number of ether oxygens (including phenoxy) is 1. The molecule has 1 N–H and O–H groups in total. The number of nitrogens with one attached hydrogen (secondary N) is 1. The molecule has 1 atom stereocenters. The second-order valence-corrected chi connectivity index (χ2v) is 8.80. The number of likely N-dealkylation sites (tertiary alicyclic amines) is 1. The number of carbonyl (C=O) groups excluding carboxylic acids is 1. The predicted octanol–water partition coefficient (Wildman–Crippen LogP) is 1.20. The molecular weight excluding hydrogens is 390 g/mol. The Morgan fingerprint density at radius 3 is 2.70 bits per heavy atom. The molecule has 1 amide bonds. The summed E-state index contributed by atoms with van der Waals surface area (Å²) in [6.07, 6.45) is 2.08. The minimum Gasteiger partial charge on any atom is -0.379 e. The summed E-state index contributed by atoms with van der Waals surface area (Å²) in [6.45, 7) is 3.81. The molecule has 0 aromatic heterocycles. The average Bonchev–Trinajstić information content (AvgIpc) is 2.69. The fourth-order valence-electron chi connectivity index (χ4n) is 3.61. The van der Waals surface area contributed by atoms with E-state index in [2.05, 4.69) is 5.32 Å². The fraction of sp³-hybridized carbons (Fsp3) is 0.611. The number of hydrogen-bond acceptors (Lipinski definition) is 5. The number of morpholine rings is 1. The molecule has 152 valence electrons. The van der Waals surface area contributed by atoms with E-state index in [1.807, 2.05) is 11.9 Å². The van der Waals surface area contributed by atoms with Crippen LogP contribution < -0.4 is 5.32 Å². The van der Waals surface area contributed by atoms with Crippen LogP contribution in [-0.2, 0) is 14.8 Å². The van der Waals surface area contributed by atoms with Crippen molar-refractivity contribution in [3.05, 3.63) is 29.8 Å². The topological polar surface area (TPSA) is 79.0 Å². The van der Waals surface area contributed by atoms with Crippen molar-refractivity contribution in [1.82, 2.24) is 14.5 Å². The number of amides is 1. The molecule has 27 heavy (non-hydrogen) atoms. The Morgan fingerprint density at radius 1 is 1.26 bits per heavy atom. The van der Waals surface area contributed by atoms with E-state index in [1.54, 1.807) is 18.2 Å². The zero-order valence-electron chi connectivity index (χ0n) is 15.6. The quantitative estimate of drug-likeness (QED) is 0.778. The maximum Gasteiger partial charge on any atom is 0.253 e. The first-order chi connectivity index (χ1) is 12.5. The standard InChI is InChI=1S/C18H27N3O4S.ClH/c1-19-13-15-4-3-7-20(14-15)18(22)16-5-2-6-17(12-16)26(23,24)21-8-10-25-11-9-21;/h2,5-6,12,15,19H,3-4,7-11,13-14H2,1H3;1H. The van der Waals surface area contributed by atoms with Gasteiger partial charge in [0.15, 0.2) is 0 Å². The Hall–Kier alpha value is -1.19. The number of nitrogens with zero attached hydrogens (tertiary/aromatic N) is 2. The van der Waals surface area contributed by atoms with Gasteiger partial charge in [0, 0.05) is 31.7 Å². The van der Waals surface area contributed by atoms with Crippen LogP contribution in [0.1, 0.15) is 23.2 Å². The largest absolute Gasteiger partial charge is 0.379 e. The van der Waals surface area contributed by atoms with E-state index < -0.39 is 10.0 Å². The van der Waals surface area contributed by atoms with Crippen molar-refractivity contribution in [1.29, 1.82) is 0 Å². The average molecular weight is 418 g/mol. The lowest BCUT2D eigenvalue weighted by Crippen LogP contribution is -2.42. The van der Waals surface area contributed by atoms with E-state index in [9.17, 15) is 13.2 Å². The highest BCUT2D eigenvalue weighted by molar-refractivity contribution is 7.89. The molecular formula is C18H28ClN3O4S. The lowest BCUT2D eigenvalue weighted by molar-refractivity contribution is 0.0673. The molecule has 2 fully saturated rings. The summed E-state index contributed by atoms with van der Waals surface area (Å²) in [5, 5.41) is 3.17. The van der Waals surface area contributed by atoms with Crippen molar-refractivity contribution in [2.75, 3.05) is 53.0 Å². The van der Waals surface area contributed by atoms with Gasteiger partial charge in [-0.2, -0.15) is 4.31 Å². The second kappa shape index (κ2) is 9.84. The van der Waals surface area contributed by atoms with Gasteiger partial charge < -0.3 is 15.0 Å². The molecule has 3 rings (SSSR count). The third-order valence-electron chi connectivity index (χ3n) is 4.99. The Kier molecular flexibility index (Phi) is 8.05. The Morgan fingerprint density at radius 2 is 2.00 bits per heavy atom.